The highest BCUT2D eigenvalue weighted by atomic mass is 32.1. The lowest BCUT2D eigenvalue weighted by Gasteiger charge is -2.26. The summed E-state index contributed by atoms with van der Waals surface area (Å²) in [6, 6.07) is 75.1. The summed E-state index contributed by atoms with van der Waals surface area (Å²) in [6.07, 6.45) is 6.95. The summed E-state index contributed by atoms with van der Waals surface area (Å²) in [5, 5.41) is 3.94. The molecule has 4 heteroatoms. The smallest absolute Gasteiger partial charge is 0.0541 e. The van der Waals surface area contributed by atoms with Crippen LogP contribution in [-0.2, 0) is 0 Å². The van der Waals surface area contributed by atoms with Crippen LogP contribution in [-0.4, -0.2) is 4.57 Å². The van der Waals surface area contributed by atoms with Crippen molar-refractivity contribution >= 4 is 62.8 Å². The van der Waals surface area contributed by atoms with E-state index in [0.29, 0.717) is 0 Å². The molecule has 3 aromatic heterocycles. The molecule has 0 saturated carbocycles. The third kappa shape index (κ3) is 6.80. The van der Waals surface area contributed by atoms with Gasteiger partial charge >= 0.3 is 0 Å². The average molecular weight is 805 g/mol. The van der Waals surface area contributed by atoms with Crippen LogP contribution in [0.5, 0.6) is 0 Å². The Labute approximate surface area is 358 Å². The van der Waals surface area contributed by atoms with E-state index in [-0.39, 0.29) is 0 Å². The number of hydrogen-bond donors (Lipinski definition) is 0. The number of anilines is 3. The van der Waals surface area contributed by atoms with Gasteiger partial charge in [-0.3, -0.25) is 0 Å². The van der Waals surface area contributed by atoms with Gasteiger partial charge in [-0.15, -0.1) is 22.7 Å². The topological polar surface area (TPSA) is 8.17 Å². The lowest BCUT2D eigenvalue weighted by molar-refractivity contribution is 1.02. The van der Waals surface area contributed by atoms with Gasteiger partial charge in [0.1, 0.15) is 0 Å². The van der Waals surface area contributed by atoms with E-state index >= 15 is 0 Å². The van der Waals surface area contributed by atoms with Crippen LogP contribution in [0.2, 0.25) is 0 Å². The van der Waals surface area contributed by atoms with Gasteiger partial charge < -0.3 is 9.47 Å². The van der Waals surface area contributed by atoms with E-state index in [1.54, 1.807) is 0 Å². The summed E-state index contributed by atoms with van der Waals surface area (Å²) in [6.45, 7) is 0. The van der Waals surface area contributed by atoms with E-state index in [4.69, 9.17) is 0 Å². The van der Waals surface area contributed by atoms with Crippen molar-refractivity contribution in [1.82, 2.24) is 4.57 Å². The molecule has 60 heavy (non-hydrogen) atoms. The predicted octanol–water partition coefficient (Wildman–Crippen LogP) is 14.9. The van der Waals surface area contributed by atoms with Crippen LogP contribution in [0, 0.1) is 0 Å². The van der Waals surface area contributed by atoms with Crippen LogP contribution in [0.15, 0.2) is 206 Å². The fourth-order valence-electron chi connectivity index (χ4n) is 8.53. The Bertz CT molecular complexity index is 3090. The van der Waals surface area contributed by atoms with E-state index < -0.39 is 0 Å². The maximum absolute atomic E-state index is 2.42. The Morgan fingerprint density at radius 1 is 0.367 bits per heavy atom. The van der Waals surface area contributed by atoms with Crippen molar-refractivity contribution in [2.24, 2.45) is 0 Å². The zero-order chi connectivity index (χ0) is 39.8. The Balaban J connectivity index is 0.946. The number of para-hydroxylation sites is 1. The van der Waals surface area contributed by atoms with Crippen molar-refractivity contribution in [3.8, 4) is 58.6 Å². The molecular weight excluding hydrogens is 765 g/mol. The quantitative estimate of drug-likeness (QED) is 0.141. The first-order valence-corrected chi connectivity index (χ1v) is 22.2. The van der Waals surface area contributed by atoms with Gasteiger partial charge in [0.2, 0.25) is 0 Å². The van der Waals surface area contributed by atoms with Crippen molar-refractivity contribution in [1.29, 1.82) is 0 Å². The Morgan fingerprint density at radius 3 is 1.28 bits per heavy atom. The molecule has 0 radical (unpaired) electrons. The normalized spacial score (nSPS) is 12.1. The summed E-state index contributed by atoms with van der Waals surface area (Å²) in [5.74, 6) is 0. The zero-order valence-corrected chi connectivity index (χ0v) is 34.5. The highest BCUT2D eigenvalue weighted by Crippen LogP contribution is 2.41. The van der Waals surface area contributed by atoms with Crippen molar-refractivity contribution in [3.05, 3.63) is 217 Å². The molecule has 7 aromatic carbocycles. The third-order valence-corrected chi connectivity index (χ3v) is 13.9. The van der Waals surface area contributed by atoms with Gasteiger partial charge in [-0.1, -0.05) is 133 Å². The van der Waals surface area contributed by atoms with Crippen LogP contribution in [0.3, 0.4) is 0 Å². The minimum Gasteiger partial charge on any atom is -0.311 e. The second-order valence-corrected chi connectivity index (χ2v) is 17.4. The first-order chi connectivity index (χ1) is 29.7. The standard InChI is InChI=1S/C56H40N2S2/c1-4-12-40(13-5-1)53-34-36-55(59-53)42-22-29-47(30-23-42)57(48-31-24-43(25-32-48)56-37-35-54(60-56)41-14-6-2-7-15-41)46-27-20-39(21-28-46)44-26-33-52-50(38-44)49-18-10-11-19-51(49)58(52)45-16-8-3-9-17-45/h1-9,12-38H,10-11H2. The third-order valence-electron chi connectivity index (χ3n) is 11.5. The van der Waals surface area contributed by atoms with Gasteiger partial charge in [0, 0.05) is 58.2 Å². The van der Waals surface area contributed by atoms with Crippen LogP contribution in [0.4, 0.5) is 17.1 Å². The van der Waals surface area contributed by atoms with Gasteiger partial charge in [0.15, 0.2) is 0 Å². The van der Waals surface area contributed by atoms with Gasteiger partial charge in [0.25, 0.3) is 0 Å². The second kappa shape index (κ2) is 15.6. The number of hydrogen-bond acceptors (Lipinski definition) is 3. The molecule has 286 valence electrons. The van der Waals surface area contributed by atoms with Crippen LogP contribution in [0.25, 0.3) is 81.6 Å². The lowest BCUT2D eigenvalue weighted by Crippen LogP contribution is -2.30. The predicted molar refractivity (Wildman–Crippen MR) is 258 cm³/mol. The molecule has 0 amide bonds. The summed E-state index contributed by atoms with van der Waals surface area (Å²) in [7, 11) is 0. The molecule has 0 fully saturated rings. The minimum absolute atomic E-state index is 1.07. The van der Waals surface area contributed by atoms with Crippen LogP contribution < -0.4 is 15.5 Å². The molecule has 0 unspecified atom stereocenters. The number of rotatable bonds is 9. The van der Waals surface area contributed by atoms with Crippen molar-refractivity contribution < 1.29 is 0 Å². The van der Waals surface area contributed by atoms with E-state index in [9.17, 15) is 0 Å². The fraction of sp³-hybridized carbons (Fsp3) is 0.0357. The van der Waals surface area contributed by atoms with E-state index in [1.165, 1.54) is 80.0 Å². The molecule has 10 aromatic rings. The SMILES string of the molecule is C1=c2c(n(-c3ccccc3)c3ccc(-c4ccc(N(c5ccc(-c6ccc(-c7ccccc7)s6)cc5)c5ccc(-c6ccc(-c7ccccc7)s6)cc5)cc4)cc23)=CCC1. The molecule has 0 saturated heterocycles. The maximum Gasteiger partial charge on any atom is 0.0541 e. The molecule has 0 spiro atoms. The highest BCUT2D eigenvalue weighted by molar-refractivity contribution is 7.19. The van der Waals surface area contributed by atoms with E-state index in [1.807, 2.05) is 22.7 Å². The molecular formula is C56H40N2S2. The monoisotopic (exact) mass is 804 g/mol. The molecule has 1 aliphatic carbocycles. The van der Waals surface area contributed by atoms with E-state index in [2.05, 4.69) is 228 Å². The molecule has 0 atom stereocenters. The Hall–Kier alpha value is -6.98. The molecule has 11 rings (SSSR count). The molecule has 2 nitrogen and oxygen atoms in total. The van der Waals surface area contributed by atoms with Gasteiger partial charge in [-0.25, -0.2) is 0 Å². The minimum atomic E-state index is 1.07. The molecule has 1 aliphatic rings. The van der Waals surface area contributed by atoms with Gasteiger partial charge in [-0.2, -0.15) is 0 Å². The van der Waals surface area contributed by atoms with Crippen molar-refractivity contribution in [2.75, 3.05) is 4.90 Å². The molecule has 0 aliphatic heterocycles. The number of benzene rings is 7. The average Bonchev–Trinajstić information content (AvgIpc) is 4.10. The highest BCUT2D eigenvalue weighted by Gasteiger charge is 2.17. The summed E-state index contributed by atoms with van der Waals surface area (Å²) in [5.41, 5.74) is 13.2. The number of thiophene rings is 2. The van der Waals surface area contributed by atoms with Crippen molar-refractivity contribution in [2.45, 2.75) is 12.8 Å². The van der Waals surface area contributed by atoms with Crippen LogP contribution >= 0.6 is 22.7 Å². The second-order valence-electron chi connectivity index (χ2n) is 15.2. The number of fused-ring (bicyclic) bond motifs is 3. The molecule has 0 bridgehead atoms. The van der Waals surface area contributed by atoms with Gasteiger partial charge in [-0.05, 0) is 131 Å². The fourth-order valence-corrected chi connectivity index (χ4v) is 10.6. The lowest BCUT2D eigenvalue weighted by atomic mass is 10.0. The first-order valence-electron chi connectivity index (χ1n) is 20.6. The summed E-state index contributed by atoms with van der Waals surface area (Å²) in [4.78, 5) is 7.46. The molecule has 3 heterocycles. The molecule has 0 N–H and O–H groups in total. The first kappa shape index (κ1) is 36.1. The largest absolute Gasteiger partial charge is 0.311 e. The summed E-state index contributed by atoms with van der Waals surface area (Å²) >= 11 is 3.67. The van der Waals surface area contributed by atoms with E-state index in [0.717, 1.165) is 29.9 Å². The number of nitrogens with zero attached hydrogens (tertiary/aromatic N) is 2. The van der Waals surface area contributed by atoms with Gasteiger partial charge in [0.05, 0.1) is 5.52 Å². The Morgan fingerprint density at radius 2 is 0.783 bits per heavy atom. The maximum atomic E-state index is 2.42. The zero-order valence-electron chi connectivity index (χ0n) is 32.9. The van der Waals surface area contributed by atoms with Crippen LogP contribution in [0.1, 0.15) is 12.8 Å². The number of aromatic nitrogens is 1. The summed E-state index contributed by atoms with van der Waals surface area (Å²) < 4.78 is 2.42. The Kier molecular flexibility index (Phi) is 9.42. The van der Waals surface area contributed by atoms with Crippen molar-refractivity contribution in [3.63, 3.8) is 0 Å².